The minimum absolute atomic E-state index is 0. The van der Waals surface area contributed by atoms with Gasteiger partial charge in [-0.1, -0.05) is 48.0 Å². The number of benzene rings is 3. The highest BCUT2D eigenvalue weighted by molar-refractivity contribution is 6.32. The molecule has 0 atom stereocenters. The fourth-order valence-electron chi connectivity index (χ4n) is 3.45. The van der Waals surface area contributed by atoms with Gasteiger partial charge in [0.15, 0.2) is 5.82 Å². The van der Waals surface area contributed by atoms with Crippen LogP contribution in [-0.2, 0) is 13.2 Å². The van der Waals surface area contributed by atoms with Crippen molar-refractivity contribution in [2.75, 3.05) is 12.4 Å². The Morgan fingerprint density at radius 1 is 1.06 bits per heavy atom. The van der Waals surface area contributed by atoms with Crippen molar-refractivity contribution in [3.05, 3.63) is 82.4 Å². The largest absolute Gasteiger partial charge is 0.495 e. The minimum atomic E-state index is -0.103. The van der Waals surface area contributed by atoms with E-state index in [-0.39, 0.29) is 19.0 Å². The minimum Gasteiger partial charge on any atom is -0.495 e. The van der Waals surface area contributed by atoms with Crippen LogP contribution in [0.5, 0.6) is 5.75 Å². The monoisotopic (exact) mass is 466 g/mol. The SMILES string of the molecule is COc1ccc(CNc2nnc(-c3ccccc3CO)c3ccc(C#N)cc23)cc1Cl.Cl. The third kappa shape index (κ3) is 4.61. The number of nitrogens with one attached hydrogen (secondary N) is 1. The van der Waals surface area contributed by atoms with E-state index in [0.717, 1.165) is 27.5 Å². The van der Waals surface area contributed by atoms with Gasteiger partial charge in [-0.15, -0.1) is 22.6 Å². The Labute approximate surface area is 196 Å². The predicted octanol–water partition coefficient (Wildman–Crippen LogP) is 5.36. The van der Waals surface area contributed by atoms with E-state index in [2.05, 4.69) is 21.6 Å². The number of nitriles is 1. The maximum atomic E-state index is 9.74. The number of halogens is 2. The Kier molecular flexibility index (Phi) is 7.49. The summed E-state index contributed by atoms with van der Waals surface area (Å²) in [5.41, 5.74) is 3.70. The summed E-state index contributed by atoms with van der Waals surface area (Å²) in [6.07, 6.45) is 0. The Morgan fingerprint density at radius 3 is 2.59 bits per heavy atom. The third-order valence-corrected chi connectivity index (χ3v) is 5.32. The molecular weight excluding hydrogens is 447 g/mol. The van der Waals surface area contributed by atoms with Gasteiger partial charge in [-0.3, -0.25) is 0 Å². The second kappa shape index (κ2) is 10.3. The number of anilines is 1. The molecule has 4 rings (SSSR count). The van der Waals surface area contributed by atoms with Crippen LogP contribution in [-0.4, -0.2) is 22.4 Å². The van der Waals surface area contributed by atoms with E-state index in [9.17, 15) is 10.4 Å². The van der Waals surface area contributed by atoms with E-state index < -0.39 is 0 Å². The smallest absolute Gasteiger partial charge is 0.156 e. The Balaban J connectivity index is 0.00000289. The fourth-order valence-corrected chi connectivity index (χ4v) is 3.73. The summed E-state index contributed by atoms with van der Waals surface area (Å²) < 4.78 is 5.20. The number of nitrogens with zero attached hydrogens (tertiary/aromatic N) is 3. The van der Waals surface area contributed by atoms with E-state index in [1.165, 1.54) is 0 Å². The highest BCUT2D eigenvalue weighted by Crippen LogP contribution is 2.33. The van der Waals surface area contributed by atoms with Crippen molar-refractivity contribution in [1.29, 1.82) is 5.26 Å². The first-order valence-electron chi connectivity index (χ1n) is 9.60. The molecule has 3 aromatic carbocycles. The lowest BCUT2D eigenvalue weighted by Crippen LogP contribution is -2.05. The molecule has 4 aromatic rings. The van der Waals surface area contributed by atoms with Crippen molar-refractivity contribution in [3.8, 4) is 23.1 Å². The van der Waals surface area contributed by atoms with Crippen LogP contribution in [0.4, 0.5) is 5.82 Å². The summed E-state index contributed by atoms with van der Waals surface area (Å²) in [6, 6.07) is 20.7. The summed E-state index contributed by atoms with van der Waals surface area (Å²) in [7, 11) is 1.57. The fraction of sp³-hybridized carbons (Fsp3) is 0.125. The van der Waals surface area contributed by atoms with Gasteiger partial charge in [-0.05, 0) is 35.4 Å². The van der Waals surface area contributed by atoms with Crippen LogP contribution >= 0.6 is 24.0 Å². The van der Waals surface area contributed by atoms with Gasteiger partial charge < -0.3 is 15.2 Å². The number of fused-ring (bicyclic) bond motifs is 1. The van der Waals surface area contributed by atoms with Gasteiger partial charge in [-0.25, -0.2) is 0 Å². The van der Waals surface area contributed by atoms with E-state index in [1.54, 1.807) is 19.2 Å². The van der Waals surface area contributed by atoms with Crippen molar-refractivity contribution >= 4 is 40.6 Å². The molecule has 2 N–H and O–H groups in total. The number of hydrogen-bond acceptors (Lipinski definition) is 6. The lowest BCUT2D eigenvalue weighted by atomic mass is 9.99. The Hall–Kier alpha value is -3.37. The van der Waals surface area contributed by atoms with Gasteiger partial charge in [0.25, 0.3) is 0 Å². The maximum absolute atomic E-state index is 9.74. The molecule has 0 aliphatic rings. The first-order chi connectivity index (χ1) is 15.1. The van der Waals surface area contributed by atoms with Gasteiger partial charge in [0.05, 0.1) is 30.4 Å². The number of ether oxygens (including phenoxy) is 1. The van der Waals surface area contributed by atoms with Crippen molar-refractivity contribution in [2.45, 2.75) is 13.2 Å². The molecule has 0 radical (unpaired) electrons. The highest BCUT2D eigenvalue weighted by Gasteiger charge is 2.14. The highest BCUT2D eigenvalue weighted by atomic mass is 35.5. The van der Waals surface area contributed by atoms with Gasteiger partial charge in [-0.2, -0.15) is 5.26 Å². The molecule has 8 heteroatoms. The first kappa shape index (κ1) is 23.3. The molecule has 0 unspecified atom stereocenters. The number of hydrogen-bond donors (Lipinski definition) is 2. The molecule has 0 bridgehead atoms. The second-order valence-electron chi connectivity index (χ2n) is 6.91. The van der Waals surface area contributed by atoms with E-state index >= 15 is 0 Å². The number of aliphatic hydroxyl groups is 1. The van der Waals surface area contributed by atoms with Crippen LogP contribution in [0.2, 0.25) is 5.02 Å². The molecule has 1 aromatic heterocycles. The second-order valence-corrected chi connectivity index (χ2v) is 7.31. The number of methoxy groups -OCH3 is 1. The lowest BCUT2D eigenvalue weighted by molar-refractivity contribution is 0.282. The topological polar surface area (TPSA) is 91.1 Å². The van der Waals surface area contributed by atoms with Gasteiger partial charge in [0.2, 0.25) is 0 Å². The summed E-state index contributed by atoms with van der Waals surface area (Å²) in [5, 5.41) is 33.4. The molecule has 0 spiro atoms. The molecule has 0 fully saturated rings. The predicted molar refractivity (Wildman–Crippen MR) is 128 cm³/mol. The average Bonchev–Trinajstić information content (AvgIpc) is 2.82. The quantitative estimate of drug-likeness (QED) is 0.397. The van der Waals surface area contributed by atoms with Crippen molar-refractivity contribution in [3.63, 3.8) is 0 Å². The molecule has 32 heavy (non-hydrogen) atoms. The van der Waals surface area contributed by atoms with Gasteiger partial charge in [0.1, 0.15) is 11.4 Å². The van der Waals surface area contributed by atoms with Crippen LogP contribution in [0.1, 0.15) is 16.7 Å². The van der Waals surface area contributed by atoms with Crippen LogP contribution in [0.15, 0.2) is 60.7 Å². The zero-order valence-electron chi connectivity index (χ0n) is 17.2. The normalized spacial score (nSPS) is 10.3. The summed E-state index contributed by atoms with van der Waals surface area (Å²) in [6.45, 7) is 0.366. The standard InChI is InChI=1S/C24H19ClN4O2.ClH/c1-31-22-9-7-16(11-21(22)25)13-27-24-20-10-15(12-26)6-8-19(20)23(28-29-24)18-5-3-2-4-17(18)14-30;/h2-11,30H,13-14H2,1H3,(H,27,29);1H. The molecule has 6 nitrogen and oxygen atoms in total. The Bertz CT molecular complexity index is 1310. The third-order valence-electron chi connectivity index (χ3n) is 5.03. The molecule has 0 amide bonds. The van der Waals surface area contributed by atoms with Crippen molar-refractivity contribution in [1.82, 2.24) is 10.2 Å². The van der Waals surface area contributed by atoms with E-state index in [0.29, 0.717) is 34.4 Å². The summed E-state index contributed by atoms with van der Waals surface area (Å²) >= 11 is 6.23. The molecular formula is C24H20Cl2N4O2. The lowest BCUT2D eigenvalue weighted by Gasteiger charge is -2.13. The Morgan fingerprint density at radius 2 is 1.88 bits per heavy atom. The zero-order chi connectivity index (χ0) is 21.8. The molecule has 1 heterocycles. The number of aromatic nitrogens is 2. The molecule has 162 valence electrons. The molecule has 0 aliphatic heterocycles. The van der Waals surface area contributed by atoms with Gasteiger partial charge >= 0.3 is 0 Å². The molecule has 0 aliphatic carbocycles. The molecule has 0 saturated carbocycles. The number of rotatable bonds is 6. The average molecular weight is 467 g/mol. The van der Waals surface area contributed by atoms with Crippen LogP contribution in [0, 0.1) is 11.3 Å². The van der Waals surface area contributed by atoms with Crippen LogP contribution in [0.3, 0.4) is 0 Å². The van der Waals surface area contributed by atoms with Gasteiger partial charge in [0, 0.05) is 22.9 Å². The molecule has 0 saturated heterocycles. The summed E-state index contributed by atoms with van der Waals surface area (Å²) in [5.74, 6) is 1.17. The summed E-state index contributed by atoms with van der Waals surface area (Å²) in [4.78, 5) is 0. The number of aliphatic hydroxyl groups excluding tert-OH is 1. The van der Waals surface area contributed by atoms with Crippen molar-refractivity contribution < 1.29 is 9.84 Å². The van der Waals surface area contributed by atoms with Crippen LogP contribution < -0.4 is 10.1 Å². The maximum Gasteiger partial charge on any atom is 0.156 e. The first-order valence-corrected chi connectivity index (χ1v) is 9.98. The van der Waals surface area contributed by atoms with E-state index in [1.807, 2.05) is 48.5 Å². The van der Waals surface area contributed by atoms with Crippen molar-refractivity contribution in [2.24, 2.45) is 0 Å². The van der Waals surface area contributed by atoms with E-state index in [4.69, 9.17) is 16.3 Å². The zero-order valence-corrected chi connectivity index (χ0v) is 18.7. The van der Waals surface area contributed by atoms with Crippen LogP contribution in [0.25, 0.3) is 22.0 Å².